The van der Waals surface area contributed by atoms with Crippen LogP contribution in [0, 0.1) is 11.8 Å². The maximum absolute atomic E-state index is 10.1. The lowest BCUT2D eigenvalue weighted by molar-refractivity contribution is 0.0295. The molecule has 2 aliphatic carbocycles. The number of nitrogens with one attached hydrogen (secondary N) is 1. The van der Waals surface area contributed by atoms with Crippen LogP contribution in [0.3, 0.4) is 0 Å². The second-order valence-corrected chi connectivity index (χ2v) is 7.88. The average Bonchev–Trinajstić information content (AvgIpc) is 3.18. The van der Waals surface area contributed by atoms with Gasteiger partial charge in [0, 0.05) is 25.2 Å². The van der Waals surface area contributed by atoms with E-state index in [0.29, 0.717) is 12.0 Å². The van der Waals surface area contributed by atoms with Gasteiger partial charge in [-0.1, -0.05) is 25.7 Å². The highest BCUT2D eigenvalue weighted by Crippen LogP contribution is 2.30. The fourth-order valence-electron chi connectivity index (χ4n) is 4.79. The molecule has 0 aromatic rings. The van der Waals surface area contributed by atoms with Crippen molar-refractivity contribution < 1.29 is 5.11 Å². The third-order valence-electron chi connectivity index (χ3n) is 6.20. The summed E-state index contributed by atoms with van der Waals surface area (Å²) in [6.07, 6.45) is 12.3. The Hall–Kier alpha value is -0.120. The van der Waals surface area contributed by atoms with Crippen molar-refractivity contribution in [1.29, 1.82) is 0 Å². The van der Waals surface area contributed by atoms with E-state index >= 15 is 0 Å². The molecular weight excluding hydrogens is 260 g/mol. The van der Waals surface area contributed by atoms with E-state index in [-0.39, 0.29) is 6.10 Å². The maximum atomic E-state index is 10.1. The molecule has 0 aromatic heterocycles. The Labute approximate surface area is 130 Å². The van der Waals surface area contributed by atoms with Crippen LogP contribution < -0.4 is 5.32 Å². The first kappa shape index (κ1) is 15.8. The van der Waals surface area contributed by atoms with Crippen molar-refractivity contribution in [2.45, 2.75) is 82.9 Å². The van der Waals surface area contributed by atoms with Gasteiger partial charge in [-0.05, 0) is 57.4 Å². The summed E-state index contributed by atoms with van der Waals surface area (Å²) in [4.78, 5) is 2.69. The second kappa shape index (κ2) is 7.43. The van der Waals surface area contributed by atoms with Crippen LogP contribution in [-0.2, 0) is 0 Å². The van der Waals surface area contributed by atoms with Crippen molar-refractivity contribution in [2.24, 2.45) is 11.8 Å². The zero-order valence-electron chi connectivity index (χ0n) is 13.8. The summed E-state index contributed by atoms with van der Waals surface area (Å²) < 4.78 is 0. The van der Waals surface area contributed by atoms with Gasteiger partial charge in [-0.3, -0.25) is 4.90 Å². The number of aliphatic hydroxyl groups is 1. The average molecular weight is 294 g/mol. The highest BCUT2D eigenvalue weighted by molar-refractivity contribution is 4.90. The quantitative estimate of drug-likeness (QED) is 0.818. The Morgan fingerprint density at radius 1 is 1.05 bits per heavy atom. The van der Waals surface area contributed by atoms with Crippen molar-refractivity contribution in [1.82, 2.24) is 10.2 Å². The number of likely N-dealkylation sites (tertiary alicyclic amines) is 1. The molecule has 3 nitrogen and oxygen atoms in total. The predicted molar refractivity (Wildman–Crippen MR) is 87.4 cm³/mol. The maximum Gasteiger partial charge on any atom is 0.0553 e. The van der Waals surface area contributed by atoms with E-state index in [9.17, 15) is 5.11 Å². The minimum absolute atomic E-state index is 0.162. The molecule has 1 saturated heterocycles. The molecule has 3 fully saturated rings. The SMILES string of the molecule is CC(O)C1CC(NCC2CCCC2)CN(C2CCCC2)C1. The van der Waals surface area contributed by atoms with E-state index in [4.69, 9.17) is 0 Å². The molecule has 2 saturated carbocycles. The summed E-state index contributed by atoms with van der Waals surface area (Å²) in [6, 6.07) is 1.39. The first-order valence-corrected chi connectivity index (χ1v) is 9.38. The predicted octanol–water partition coefficient (Wildman–Crippen LogP) is 2.78. The summed E-state index contributed by atoms with van der Waals surface area (Å²) in [7, 11) is 0. The molecule has 0 amide bonds. The minimum atomic E-state index is -0.162. The van der Waals surface area contributed by atoms with E-state index in [1.165, 1.54) is 64.5 Å². The Bertz CT molecular complexity index is 308. The smallest absolute Gasteiger partial charge is 0.0553 e. The number of nitrogens with zero attached hydrogens (tertiary/aromatic N) is 1. The van der Waals surface area contributed by atoms with Gasteiger partial charge in [-0.25, -0.2) is 0 Å². The molecule has 0 radical (unpaired) electrons. The van der Waals surface area contributed by atoms with Crippen LogP contribution in [0.5, 0.6) is 0 Å². The van der Waals surface area contributed by atoms with E-state index in [0.717, 1.165) is 24.9 Å². The van der Waals surface area contributed by atoms with Crippen LogP contribution in [0.15, 0.2) is 0 Å². The van der Waals surface area contributed by atoms with Gasteiger partial charge in [0.25, 0.3) is 0 Å². The molecular formula is C18H34N2O. The Balaban J connectivity index is 1.53. The molecule has 3 heteroatoms. The van der Waals surface area contributed by atoms with Crippen molar-refractivity contribution in [3.05, 3.63) is 0 Å². The number of piperidine rings is 1. The van der Waals surface area contributed by atoms with Gasteiger partial charge in [-0.2, -0.15) is 0 Å². The Kier molecular flexibility index (Phi) is 5.58. The lowest BCUT2D eigenvalue weighted by Gasteiger charge is -2.42. The highest BCUT2D eigenvalue weighted by Gasteiger charge is 2.34. The van der Waals surface area contributed by atoms with E-state index in [1.807, 2.05) is 6.92 Å². The number of aliphatic hydroxyl groups excluding tert-OH is 1. The van der Waals surface area contributed by atoms with E-state index in [2.05, 4.69) is 10.2 Å². The molecule has 1 heterocycles. The molecule has 0 aromatic carbocycles. The van der Waals surface area contributed by atoms with Crippen LogP contribution >= 0.6 is 0 Å². The fourth-order valence-corrected chi connectivity index (χ4v) is 4.79. The van der Waals surface area contributed by atoms with Crippen molar-refractivity contribution >= 4 is 0 Å². The summed E-state index contributed by atoms with van der Waals surface area (Å²) in [5, 5.41) is 13.9. The van der Waals surface area contributed by atoms with Crippen LogP contribution in [-0.4, -0.2) is 47.8 Å². The largest absolute Gasteiger partial charge is 0.393 e. The van der Waals surface area contributed by atoms with Crippen molar-refractivity contribution in [3.63, 3.8) is 0 Å². The molecule has 3 unspecified atom stereocenters. The molecule has 122 valence electrons. The topological polar surface area (TPSA) is 35.5 Å². The van der Waals surface area contributed by atoms with Gasteiger partial charge in [-0.15, -0.1) is 0 Å². The normalized spacial score (nSPS) is 34.6. The Morgan fingerprint density at radius 3 is 2.38 bits per heavy atom. The molecule has 1 aliphatic heterocycles. The third-order valence-corrected chi connectivity index (χ3v) is 6.20. The molecule has 0 bridgehead atoms. The van der Waals surface area contributed by atoms with Gasteiger partial charge in [0.05, 0.1) is 6.10 Å². The standard InChI is InChI=1S/C18H34N2O/c1-14(21)16-10-17(19-11-15-6-2-3-7-15)13-20(12-16)18-8-4-5-9-18/h14-19,21H,2-13H2,1H3. The highest BCUT2D eigenvalue weighted by atomic mass is 16.3. The molecule has 21 heavy (non-hydrogen) atoms. The fraction of sp³-hybridized carbons (Fsp3) is 1.00. The summed E-state index contributed by atoms with van der Waals surface area (Å²) in [5.74, 6) is 1.37. The molecule has 3 rings (SSSR count). The summed E-state index contributed by atoms with van der Waals surface area (Å²) in [6.45, 7) is 5.51. The van der Waals surface area contributed by atoms with Crippen molar-refractivity contribution in [3.8, 4) is 0 Å². The number of rotatable bonds is 5. The van der Waals surface area contributed by atoms with Gasteiger partial charge in [0.1, 0.15) is 0 Å². The minimum Gasteiger partial charge on any atom is -0.393 e. The molecule has 0 spiro atoms. The first-order chi connectivity index (χ1) is 10.2. The molecule has 3 atom stereocenters. The van der Waals surface area contributed by atoms with Crippen LogP contribution in [0.1, 0.15) is 64.7 Å². The monoisotopic (exact) mass is 294 g/mol. The lowest BCUT2D eigenvalue weighted by Crippen LogP contribution is -2.54. The van der Waals surface area contributed by atoms with Crippen molar-refractivity contribution in [2.75, 3.05) is 19.6 Å². The number of hydrogen-bond donors (Lipinski definition) is 2. The zero-order chi connectivity index (χ0) is 14.7. The second-order valence-electron chi connectivity index (χ2n) is 7.88. The van der Waals surface area contributed by atoms with Crippen LogP contribution in [0.25, 0.3) is 0 Å². The summed E-state index contributed by atoms with van der Waals surface area (Å²) >= 11 is 0. The van der Waals surface area contributed by atoms with E-state index < -0.39 is 0 Å². The molecule has 2 N–H and O–H groups in total. The van der Waals surface area contributed by atoms with Crippen LogP contribution in [0.4, 0.5) is 0 Å². The first-order valence-electron chi connectivity index (χ1n) is 9.38. The van der Waals surface area contributed by atoms with Crippen LogP contribution in [0.2, 0.25) is 0 Å². The third kappa shape index (κ3) is 4.20. The number of hydrogen-bond acceptors (Lipinski definition) is 3. The van der Waals surface area contributed by atoms with E-state index in [1.54, 1.807) is 0 Å². The zero-order valence-corrected chi connectivity index (χ0v) is 13.8. The Morgan fingerprint density at radius 2 is 1.71 bits per heavy atom. The van der Waals surface area contributed by atoms with Gasteiger partial charge < -0.3 is 10.4 Å². The van der Waals surface area contributed by atoms with Gasteiger partial charge in [0.2, 0.25) is 0 Å². The lowest BCUT2D eigenvalue weighted by atomic mass is 9.88. The molecule has 3 aliphatic rings. The van der Waals surface area contributed by atoms with Gasteiger partial charge >= 0.3 is 0 Å². The summed E-state index contributed by atoms with van der Waals surface area (Å²) in [5.41, 5.74) is 0. The van der Waals surface area contributed by atoms with Gasteiger partial charge in [0.15, 0.2) is 0 Å².